The normalized spacial score (nSPS) is 14.1. The predicted octanol–water partition coefficient (Wildman–Crippen LogP) is 6.45. The average Bonchev–Trinajstić information content (AvgIpc) is 2.82. The van der Waals surface area contributed by atoms with Gasteiger partial charge >= 0.3 is 0 Å². The fourth-order valence-electron chi connectivity index (χ4n) is 4.32. The molecule has 0 saturated heterocycles. The maximum absolute atomic E-state index is 12.8. The molecular weight excluding hydrogens is 412 g/mol. The van der Waals surface area contributed by atoms with E-state index < -0.39 is 12.1 Å². The molecule has 0 aliphatic heterocycles. The highest BCUT2D eigenvalue weighted by Gasteiger charge is 2.29. The predicted molar refractivity (Wildman–Crippen MR) is 140 cm³/mol. The molecule has 1 unspecified atom stereocenters. The van der Waals surface area contributed by atoms with Gasteiger partial charge in [-0.3, -0.25) is 9.59 Å². The van der Waals surface area contributed by atoms with Crippen molar-refractivity contribution in [1.82, 2.24) is 5.32 Å². The minimum absolute atomic E-state index is 0.0198. The Bertz CT molecular complexity index is 470. The zero-order chi connectivity index (χ0) is 24.7. The summed E-state index contributed by atoms with van der Waals surface area (Å²) in [6, 6.07) is -1.03. The Balaban J connectivity index is 3.83. The molecule has 0 aliphatic carbocycles. The molecule has 0 bridgehead atoms. The van der Waals surface area contributed by atoms with Crippen molar-refractivity contribution >= 4 is 11.7 Å². The monoisotopic (exact) mass is 468 g/mol. The number of ketones is 1. The Morgan fingerprint density at radius 1 is 0.758 bits per heavy atom. The van der Waals surface area contributed by atoms with Crippen molar-refractivity contribution in [3.8, 4) is 0 Å². The van der Waals surface area contributed by atoms with Crippen LogP contribution in [0.5, 0.6) is 0 Å². The van der Waals surface area contributed by atoms with Gasteiger partial charge in [-0.25, -0.2) is 0 Å². The lowest BCUT2D eigenvalue weighted by molar-refractivity contribution is -0.129. The van der Waals surface area contributed by atoms with Gasteiger partial charge in [0.05, 0.1) is 12.1 Å². The van der Waals surface area contributed by atoms with Crippen molar-refractivity contribution in [1.29, 1.82) is 0 Å². The van der Waals surface area contributed by atoms with E-state index in [1.54, 1.807) is 0 Å². The highest BCUT2D eigenvalue weighted by atomic mass is 16.3. The Morgan fingerprint density at radius 3 is 1.64 bits per heavy atom. The van der Waals surface area contributed by atoms with Crippen LogP contribution in [0.4, 0.5) is 0 Å². The number of amides is 1. The van der Waals surface area contributed by atoms with Crippen molar-refractivity contribution < 1.29 is 14.7 Å². The molecule has 0 heterocycles. The molecule has 0 fully saturated rings. The Morgan fingerprint density at radius 2 is 1.21 bits per heavy atom. The van der Waals surface area contributed by atoms with E-state index in [0.717, 1.165) is 19.3 Å². The molecule has 0 aromatic carbocycles. The van der Waals surface area contributed by atoms with Crippen LogP contribution < -0.4 is 11.1 Å². The smallest absolute Gasteiger partial charge is 0.220 e. The van der Waals surface area contributed by atoms with Gasteiger partial charge in [0.25, 0.3) is 0 Å². The molecule has 0 saturated carbocycles. The Labute approximate surface area is 205 Å². The molecule has 0 radical (unpaired) electrons. The van der Waals surface area contributed by atoms with Crippen LogP contribution in [0.3, 0.4) is 0 Å². The lowest BCUT2D eigenvalue weighted by Gasteiger charge is -2.26. The summed E-state index contributed by atoms with van der Waals surface area (Å²) in [6.07, 6.45) is 21.9. The number of aliphatic hydroxyl groups excluding tert-OH is 1. The number of unbranched alkanes of at least 4 members (excludes halogenated alkanes) is 14. The topological polar surface area (TPSA) is 92.4 Å². The quantitative estimate of drug-likeness (QED) is 0.142. The van der Waals surface area contributed by atoms with Gasteiger partial charge in [-0.05, 0) is 18.8 Å². The van der Waals surface area contributed by atoms with Gasteiger partial charge < -0.3 is 16.2 Å². The van der Waals surface area contributed by atoms with E-state index >= 15 is 0 Å². The minimum atomic E-state index is -0.521. The third kappa shape index (κ3) is 18.1. The summed E-state index contributed by atoms with van der Waals surface area (Å²) in [4.78, 5) is 24.9. The van der Waals surface area contributed by atoms with Crippen LogP contribution in [0, 0.1) is 5.92 Å². The van der Waals surface area contributed by atoms with E-state index in [1.807, 2.05) is 13.8 Å². The molecule has 5 nitrogen and oxygen atoms in total. The third-order valence-corrected chi connectivity index (χ3v) is 6.88. The standard InChI is InChI=1S/C28H56N2O3/c1-4-6-7-8-9-10-11-12-13-14-15-16-17-18-19-21-25(29)28(33)27(24(3)5-2)30-26(32)22-20-23-31/h24-25,27,31H,4-23,29H2,1-3H3,(H,30,32)/t24-,25?,27-/m0/s1. The maximum atomic E-state index is 12.8. The van der Waals surface area contributed by atoms with E-state index in [2.05, 4.69) is 12.2 Å². The van der Waals surface area contributed by atoms with Crippen LogP contribution >= 0.6 is 0 Å². The molecule has 33 heavy (non-hydrogen) atoms. The van der Waals surface area contributed by atoms with Crippen LogP contribution in [0.1, 0.15) is 143 Å². The lowest BCUT2D eigenvalue weighted by atomic mass is 9.90. The number of hydrogen-bond donors (Lipinski definition) is 3. The molecular formula is C28H56N2O3. The van der Waals surface area contributed by atoms with E-state index in [0.29, 0.717) is 12.8 Å². The largest absolute Gasteiger partial charge is 0.396 e. The number of nitrogens with two attached hydrogens (primary N) is 1. The van der Waals surface area contributed by atoms with Gasteiger partial charge in [-0.1, -0.05) is 124 Å². The van der Waals surface area contributed by atoms with Gasteiger partial charge in [0, 0.05) is 13.0 Å². The summed E-state index contributed by atoms with van der Waals surface area (Å²) in [5.74, 6) is -0.170. The fourth-order valence-corrected chi connectivity index (χ4v) is 4.32. The summed E-state index contributed by atoms with van der Waals surface area (Å²) in [7, 11) is 0. The zero-order valence-corrected chi connectivity index (χ0v) is 22.2. The number of rotatable bonds is 24. The molecule has 5 heteroatoms. The van der Waals surface area contributed by atoms with Gasteiger partial charge in [-0.2, -0.15) is 0 Å². The summed E-state index contributed by atoms with van der Waals surface area (Å²) in [6.45, 7) is 6.25. The number of nitrogens with one attached hydrogen (secondary N) is 1. The lowest BCUT2D eigenvalue weighted by Crippen LogP contribution is -2.51. The number of Topliss-reactive ketones (excluding diaryl/α,β-unsaturated/α-hetero) is 1. The van der Waals surface area contributed by atoms with E-state index in [4.69, 9.17) is 10.8 Å². The summed E-state index contributed by atoms with van der Waals surface area (Å²) >= 11 is 0. The van der Waals surface area contributed by atoms with Crippen LogP contribution in [-0.2, 0) is 9.59 Å². The maximum Gasteiger partial charge on any atom is 0.220 e. The molecule has 196 valence electrons. The minimum Gasteiger partial charge on any atom is -0.396 e. The molecule has 0 aliphatic rings. The van der Waals surface area contributed by atoms with Crippen molar-refractivity contribution in [2.24, 2.45) is 11.7 Å². The summed E-state index contributed by atoms with van der Waals surface area (Å²) in [5, 5.41) is 11.8. The first kappa shape index (κ1) is 32.1. The van der Waals surface area contributed by atoms with Crippen molar-refractivity contribution in [3.63, 3.8) is 0 Å². The molecule has 0 aromatic heterocycles. The van der Waals surface area contributed by atoms with Crippen LogP contribution in [0.2, 0.25) is 0 Å². The first-order chi connectivity index (χ1) is 16.0. The fraction of sp³-hybridized carbons (Fsp3) is 0.929. The Kier molecular flexibility index (Phi) is 22.2. The van der Waals surface area contributed by atoms with E-state index in [1.165, 1.54) is 83.5 Å². The molecule has 1 amide bonds. The van der Waals surface area contributed by atoms with Gasteiger partial charge in [-0.15, -0.1) is 0 Å². The first-order valence-electron chi connectivity index (χ1n) is 14.2. The van der Waals surface area contributed by atoms with Crippen LogP contribution in [0.25, 0.3) is 0 Å². The highest BCUT2D eigenvalue weighted by molar-refractivity contribution is 5.92. The summed E-state index contributed by atoms with van der Waals surface area (Å²) < 4.78 is 0. The van der Waals surface area contributed by atoms with Crippen LogP contribution in [-0.4, -0.2) is 35.5 Å². The van der Waals surface area contributed by atoms with Gasteiger partial charge in [0.2, 0.25) is 5.91 Å². The van der Waals surface area contributed by atoms with E-state index in [-0.39, 0.29) is 30.6 Å². The van der Waals surface area contributed by atoms with Gasteiger partial charge in [0.1, 0.15) is 0 Å². The van der Waals surface area contributed by atoms with E-state index in [9.17, 15) is 9.59 Å². The van der Waals surface area contributed by atoms with Crippen molar-refractivity contribution in [2.45, 2.75) is 155 Å². The zero-order valence-electron chi connectivity index (χ0n) is 22.2. The molecule has 0 rings (SSSR count). The molecule has 3 atom stereocenters. The summed E-state index contributed by atoms with van der Waals surface area (Å²) in [5.41, 5.74) is 6.20. The number of hydrogen-bond acceptors (Lipinski definition) is 4. The van der Waals surface area contributed by atoms with Crippen LogP contribution in [0.15, 0.2) is 0 Å². The van der Waals surface area contributed by atoms with Crippen molar-refractivity contribution in [2.75, 3.05) is 6.61 Å². The first-order valence-corrected chi connectivity index (χ1v) is 14.2. The number of aliphatic hydroxyl groups is 1. The number of carbonyl (C=O) groups excluding carboxylic acids is 2. The van der Waals surface area contributed by atoms with Crippen molar-refractivity contribution in [3.05, 3.63) is 0 Å². The number of carbonyl (C=O) groups is 2. The second-order valence-corrected chi connectivity index (χ2v) is 10.0. The average molecular weight is 469 g/mol. The third-order valence-electron chi connectivity index (χ3n) is 6.88. The van der Waals surface area contributed by atoms with Gasteiger partial charge in [0.15, 0.2) is 5.78 Å². The second kappa shape index (κ2) is 22.8. The SMILES string of the molecule is CCCCCCCCCCCCCCCCCC(N)C(=O)[C@@H](NC(=O)CCCO)[C@@H](C)CC. The molecule has 0 aromatic rings. The highest BCUT2D eigenvalue weighted by Crippen LogP contribution is 2.16. The molecule has 4 N–H and O–H groups in total. The Hall–Kier alpha value is -0.940. The molecule has 0 spiro atoms. The second-order valence-electron chi connectivity index (χ2n) is 10.0.